The molecular formula is C14H27N3O2. The van der Waals surface area contributed by atoms with Crippen LogP contribution in [0.3, 0.4) is 0 Å². The zero-order valence-corrected chi connectivity index (χ0v) is 12.2. The van der Waals surface area contributed by atoms with Crippen molar-refractivity contribution < 1.29 is 9.53 Å². The Bertz CT molecular complexity index is 308. The number of nitrogens with zero attached hydrogens (tertiary/aromatic N) is 2. The van der Waals surface area contributed by atoms with Crippen LogP contribution < -0.4 is 5.73 Å². The van der Waals surface area contributed by atoms with E-state index in [1.54, 1.807) is 6.92 Å². The van der Waals surface area contributed by atoms with Crippen molar-refractivity contribution in [2.75, 3.05) is 46.4 Å². The van der Waals surface area contributed by atoms with Crippen LogP contribution in [0, 0.1) is 5.92 Å². The summed E-state index contributed by atoms with van der Waals surface area (Å²) in [6, 6.07) is 0. The van der Waals surface area contributed by atoms with Crippen LogP contribution in [0.2, 0.25) is 0 Å². The van der Waals surface area contributed by atoms with Gasteiger partial charge in [0, 0.05) is 39.3 Å². The molecule has 0 aromatic carbocycles. The van der Waals surface area contributed by atoms with E-state index in [2.05, 4.69) is 9.80 Å². The van der Waals surface area contributed by atoms with Gasteiger partial charge in [-0.05, 0) is 32.1 Å². The van der Waals surface area contributed by atoms with Crippen molar-refractivity contribution in [3.63, 3.8) is 0 Å². The van der Waals surface area contributed by atoms with Crippen LogP contribution in [0.15, 0.2) is 0 Å². The molecule has 1 unspecified atom stereocenters. The molecule has 110 valence electrons. The van der Waals surface area contributed by atoms with E-state index in [0.29, 0.717) is 6.42 Å². The number of rotatable bonds is 6. The molecule has 1 saturated carbocycles. The quantitative estimate of drug-likeness (QED) is 0.703. The Labute approximate surface area is 116 Å². The summed E-state index contributed by atoms with van der Waals surface area (Å²) < 4.78 is 4.73. The van der Waals surface area contributed by atoms with Gasteiger partial charge in [-0.3, -0.25) is 4.79 Å². The van der Waals surface area contributed by atoms with Gasteiger partial charge in [-0.2, -0.15) is 0 Å². The standard InChI is InChI=1S/C14H27N3O2/c1-14(15,13(18)19-2)5-6-16-7-9-17(10-8-16)11-12-3-4-12/h12H,3-11,15H2,1-2H3. The molecule has 2 aliphatic rings. The summed E-state index contributed by atoms with van der Waals surface area (Å²) in [5.41, 5.74) is 5.12. The normalized spacial score (nSPS) is 25.0. The Kier molecular flexibility index (Phi) is 4.81. The number of hydrogen-bond donors (Lipinski definition) is 1. The molecule has 1 aliphatic carbocycles. The number of carbonyl (C=O) groups is 1. The smallest absolute Gasteiger partial charge is 0.325 e. The van der Waals surface area contributed by atoms with E-state index in [-0.39, 0.29) is 5.97 Å². The molecule has 1 atom stereocenters. The van der Waals surface area contributed by atoms with E-state index >= 15 is 0 Å². The molecule has 0 spiro atoms. The van der Waals surface area contributed by atoms with Gasteiger partial charge in [0.15, 0.2) is 0 Å². The maximum Gasteiger partial charge on any atom is 0.325 e. The Morgan fingerprint density at radius 1 is 1.26 bits per heavy atom. The van der Waals surface area contributed by atoms with Gasteiger partial charge in [-0.15, -0.1) is 0 Å². The fraction of sp³-hybridized carbons (Fsp3) is 0.929. The highest BCUT2D eigenvalue weighted by atomic mass is 16.5. The molecule has 1 saturated heterocycles. The zero-order valence-electron chi connectivity index (χ0n) is 12.2. The molecular weight excluding hydrogens is 242 g/mol. The third kappa shape index (κ3) is 4.44. The first-order chi connectivity index (χ1) is 9.01. The highest BCUT2D eigenvalue weighted by Crippen LogP contribution is 2.29. The highest BCUT2D eigenvalue weighted by molar-refractivity contribution is 5.79. The molecule has 19 heavy (non-hydrogen) atoms. The Morgan fingerprint density at radius 3 is 2.37 bits per heavy atom. The van der Waals surface area contributed by atoms with Crippen LogP contribution >= 0.6 is 0 Å². The van der Waals surface area contributed by atoms with Crippen molar-refractivity contribution in [2.24, 2.45) is 11.7 Å². The summed E-state index contributed by atoms with van der Waals surface area (Å²) in [7, 11) is 1.39. The summed E-state index contributed by atoms with van der Waals surface area (Å²) in [4.78, 5) is 16.5. The number of esters is 1. The van der Waals surface area contributed by atoms with Gasteiger partial charge in [0.25, 0.3) is 0 Å². The molecule has 1 heterocycles. The highest BCUT2D eigenvalue weighted by Gasteiger charge is 2.31. The fourth-order valence-electron chi connectivity index (χ4n) is 2.59. The van der Waals surface area contributed by atoms with Gasteiger partial charge in [0.2, 0.25) is 0 Å². The van der Waals surface area contributed by atoms with E-state index in [9.17, 15) is 4.79 Å². The minimum Gasteiger partial charge on any atom is -0.468 e. The molecule has 2 fully saturated rings. The number of nitrogens with two attached hydrogens (primary N) is 1. The molecule has 1 aliphatic heterocycles. The molecule has 5 heteroatoms. The van der Waals surface area contributed by atoms with Gasteiger partial charge >= 0.3 is 5.97 Å². The van der Waals surface area contributed by atoms with Gasteiger partial charge in [-0.25, -0.2) is 0 Å². The topological polar surface area (TPSA) is 58.8 Å². The number of carbonyl (C=O) groups excluding carboxylic acids is 1. The lowest BCUT2D eigenvalue weighted by atomic mass is 9.99. The molecule has 0 amide bonds. The second-order valence-electron chi connectivity index (χ2n) is 6.24. The second-order valence-corrected chi connectivity index (χ2v) is 6.24. The van der Waals surface area contributed by atoms with Gasteiger partial charge in [0.05, 0.1) is 7.11 Å². The fourth-order valence-corrected chi connectivity index (χ4v) is 2.59. The molecule has 5 nitrogen and oxygen atoms in total. The first-order valence-electron chi connectivity index (χ1n) is 7.33. The number of piperazine rings is 1. The van der Waals surface area contributed by atoms with Crippen molar-refractivity contribution in [1.82, 2.24) is 9.80 Å². The van der Waals surface area contributed by atoms with Crippen molar-refractivity contribution in [3.05, 3.63) is 0 Å². The third-order valence-corrected chi connectivity index (χ3v) is 4.28. The van der Waals surface area contributed by atoms with Crippen molar-refractivity contribution >= 4 is 5.97 Å². The van der Waals surface area contributed by atoms with E-state index in [0.717, 1.165) is 38.6 Å². The maximum absolute atomic E-state index is 11.5. The summed E-state index contributed by atoms with van der Waals surface area (Å²) in [5.74, 6) is 0.651. The van der Waals surface area contributed by atoms with Crippen LogP contribution in [0.1, 0.15) is 26.2 Å². The van der Waals surface area contributed by atoms with E-state index in [1.807, 2.05) is 0 Å². The monoisotopic (exact) mass is 269 g/mol. The predicted octanol–water partition coefficient (Wildman–Crippen LogP) is 0.295. The molecule has 0 radical (unpaired) electrons. The average Bonchev–Trinajstić information content (AvgIpc) is 3.21. The summed E-state index contributed by atoms with van der Waals surface area (Å²) in [6.07, 6.45) is 3.50. The lowest BCUT2D eigenvalue weighted by Gasteiger charge is -2.36. The number of ether oxygens (including phenoxy) is 1. The first kappa shape index (κ1) is 14.8. The van der Waals surface area contributed by atoms with E-state index < -0.39 is 5.54 Å². The largest absolute Gasteiger partial charge is 0.468 e. The SMILES string of the molecule is COC(=O)C(C)(N)CCN1CCN(CC2CC2)CC1. The van der Waals surface area contributed by atoms with Gasteiger partial charge in [-0.1, -0.05) is 0 Å². The number of hydrogen-bond acceptors (Lipinski definition) is 5. The van der Waals surface area contributed by atoms with Crippen LogP contribution in [0.4, 0.5) is 0 Å². The predicted molar refractivity (Wildman–Crippen MR) is 74.8 cm³/mol. The Hall–Kier alpha value is -0.650. The van der Waals surface area contributed by atoms with Gasteiger partial charge in [0.1, 0.15) is 5.54 Å². The van der Waals surface area contributed by atoms with Crippen LogP contribution in [0.25, 0.3) is 0 Å². The molecule has 0 bridgehead atoms. The van der Waals surface area contributed by atoms with E-state index in [1.165, 1.54) is 26.5 Å². The second kappa shape index (κ2) is 6.20. The van der Waals surface area contributed by atoms with Crippen LogP contribution in [-0.4, -0.2) is 67.7 Å². The Balaban J connectivity index is 1.66. The van der Waals surface area contributed by atoms with Crippen molar-refractivity contribution in [1.29, 1.82) is 0 Å². The van der Waals surface area contributed by atoms with Crippen molar-refractivity contribution in [2.45, 2.75) is 31.7 Å². The molecule has 2 rings (SSSR count). The van der Waals surface area contributed by atoms with Crippen molar-refractivity contribution in [3.8, 4) is 0 Å². The van der Waals surface area contributed by atoms with Crippen LogP contribution in [0.5, 0.6) is 0 Å². The summed E-state index contributed by atoms with van der Waals surface area (Å²) in [6.45, 7) is 8.38. The van der Waals surface area contributed by atoms with Crippen LogP contribution in [-0.2, 0) is 9.53 Å². The number of methoxy groups -OCH3 is 1. The summed E-state index contributed by atoms with van der Waals surface area (Å²) in [5, 5.41) is 0. The molecule has 0 aromatic heterocycles. The lowest BCUT2D eigenvalue weighted by Crippen LogP contribution is -2.51. The third-order valence-electron chi connectivity index (χ3n) is 4.28. The summed E-state index contributed by atoms with van der Waals surface area (Å²) >= 11 is 0. The first-order valence-corrected chi connectivity index (χ1v) is 7.33. The Morgan fingerprint density at radius 2 is 1.84 bits per heavy atom. The molecule has 2 N–H and O–H groups in total. The maximum atomic E-state index is 11.5. The zero-order chi connectivity index (χ0) is 13.9. The molecule has 0 aromatic rings. The van der Waals surface area contributed by atoms with E-state index in [4.69, 9.17) is 10.5 Å². The minimum atomic E-state index is -0.861. The minimum absolute atomic E-state index is 0.320. The average molecular weight is 269 g/mol. The van der Waals surface area contributed by atoms with Gasteiger partial charge < -0.3 is 20.3 Å². The lowest BCUT2D eigenvalue weighted by molar-refractivity contribution is -0.146.